The molecule has 3 aromatic heterocycles. The molecule has 0 aliphatic heterocycles. The second-order valence-corrected chi connectivity index (χ2v) is 12.3. The smallest absolute Gasteiger partial charge is 0.165 e. The summed E-state index contributed by atoms with van der Waals surface area (Å²) in [5.74, 6) is 0.100. The summed E-state index contributed by atoms with van der Waals surface area (Å²) in [6.07, 6.45) is 8.11. The number of hydrogen-bond donors (Lipinski definition) is 2. The molecule has 3 heterocycles. The lowest BCUT2D eigenvalue weighted by Crippen LogP contribution is -2.28. The predicted molar refractivity (Wildman–Crippen MR) is 146 cm³/mol. The van der Waals surface area contributed by atoms with Gasteiger partial charge in [0.15, 0.2) is 11.6 Å². The van der Waals surface area contributed by atoms with Gasteiger partial charge in [0.1, 0.15) is 18.0 Å². The van der Waals surface area contributed by atoms with Crippen LogP contribution in [0.2, 0.25) is 0 Å². The number of halogens is 1. The molecule has 0 spiro atoms. The van der Waals surface area contributed by atoms with Crippen LogP contribution in [0.5, 0.6) is 0 Å². The quantitative estimate of drug-likeness (QED) is 0.319. The first kappa shape index (κ1) is 25.8. The average Bonchev–Trinajstić information content (AvgIpc) is 3.31. The number of ketones is 2. The van der Waals surface area contributed by atoms with E-state index in [-0.39, 0.29) is 27.8 Å². The third-order valence-electron chi connectivity index (χ3n) is 7.57. The standard InChI is InChI=1S/C19H19FN4O.C11H15NO/c1-10-8-24(14-6-19(2,3)7-15(25)16(10)14)11-4-12(20)17-13(5-11)22-9-23-18(17)21;1-7-6-12-8-4-11(2,3)5-9(13)10(7)8/h4-5,8-9H,6-7H2,1-3H3,(H2,21,22,23);6,12H,4-5H2,1-3H3. The molecule has 7 nitrogen and oxygen atoms in total. The lowest BCUT2D eigenvalue weighted by atomic mass is 9.75. The molecule has 0 fully saturated rings. The normalized spacial score (nSPS) is 17.6. The summed E-state index contributed by atoms with van der Waals surface area (Å²) in [7, 11) is 0. The number of carbonyl (C=O) groups is 2. The Morgan fingerprint density at radius 3 is 2.29 bits per heavy atom. The van der Waals surface area contributed by atoms with Crippen LogP contribution in [0.1, 0.15) is 83.8 Å². The molecular formula is C30H34FN5O2. The molecule has 4 aromatic rings. The van der Waals surface area contributed by atoms with Gasteiger partial charge in [-0.1, -0.05) is 27.7 Å². The van der Waals surface area contributed by atoms with Crippen LogP contribution < -0.4 is 5.73 Å². The van der Waals surface area contributed by atoms with Crippen LogP contribution in [0.15, 0.2) is 30.9 Å². The van der Waals surface area contributed by atoms with Crippen LogP contribution in [-0.4, -0.2) is 31.1 Å². The summed E-state index contributed by atoms with van der Waals surface area (Å²) in [6.45, 7) is 12.4. The van der Waals surface area contributed by atoms with Crippen LogP contribution in [0.3, 0.4) is 0 Å². The van der Waals surface area contributed by atoms with Crippen molar-refractivity contribution < 1.29 is 14.0 Å². The summed E-state index contributed by atoms with van der Waals surface area (Å²) < 4.78 is 16.5. The number of nitrogen functional groups attached to an aromatic ring is 1. The number of nitrogens with zero attached hydrogens (tertiary/aromatic N) is 3. The van der Waals surface area contributed by atoms with Crippen molar-refractivity contribution in [1.82, 2.24) is 19.5 Å². The van der Waals surface area contributed by atoms with Crippen LogP contribution in [-0.2, 0) is 12.8 Å². The SMILES string of the molecule is Cc1c[nH]c2c1C(=O)CC(C)(C)C2.Cc1cn(-c2cc(F)c3c(N)ncnc3c2)c2c1C(=O)CC(C)(C)C2. The number of aromatic nitrogens is 4. The van der Waals surface area contributed by atoms with Gasteiger partial charge in [-0.25, -0.2) is 14.4 Å². The van der Waals surface area contributed by atoms with E-state index in [0.29, 0.717) is 29.8 Å². The highest BCUT2D eigenvalue weighted by Gasteiger charge is 2.35. The van der Waals surface area contributed by atoms with Gasteiger partial charge in [0.05, 0.1) is 16.6 Å². The van der Waals surface area contributed by atoms with Gasteiger partial charge in [-0.05, 0) is 60.8 Å². The number of aromatic amines is 1. The Hall–Kier alpha value is -3.81. The molecule has 6 rings (SSSR count). The number of H-pyrrole nitrogens is 1. The number of nitrogens with two attached hydrogens (primary N) is 1. The molecule has 0 saturated carbocycles. The van der Waals surface area contributed by atoms with Crippen molar-refractivity contribution in [1.29, 1.82) is 0 Å². The van der Waals surface area contributed by atoms with Crippen molar-refractivity contribution in [2.24, 2.45) is 10.8 Å². The van der Waals surface area contributed by atoms with Crippen LogP contribution in [0.4, 0.5) is 10.2 Å². The van der Waals surface area contributed by atoms with Crippen LogP contribution in [0, 0.1) is 30.5 Å². The zero-order chi connectivity index (χ0) is 27.6. The molecule has 0 amide bonds. The van der Waals surface area contributed by atoms with E-state index in [0.717, 1.165) is 46.5 Å². The minimum Gasteiger partial charge on any atom is -0.383 e. The highest BCUT2D eigenvalue weighted by molar-refractivity contribution is 6.01. The molecule has 1 aromatic carbocycles. The number of nitrogens with one attached hydrogen (secondary N) is 1. The molecule has 0 radical (unpaired) electrons. The molecular weight excluding hydrogens is 481 g/mol. The Labute approximate surface area is 221 Å². The first-order chi connectivity index (χ1) is 17.8. The zero-order valence-electron chi connectivity index (χ0n) is 22.8. The maximum absolute atomic E-state index is 14.6. The number of Topliss-reactive ketones (excluding diaryl/α,β-unsaturated/α-hetero) is 2. The van der Waals surface area contributed by atoms with Gasteiger partial charge in [0.25, 0.3) is 0 Å². The van der Waals surface area contributed by atoms with E-state index in [1.807, 2.05) is 30.8 Å². The Kier molecular flexibility index (Phi) is 6.04. The summed E-state index contributed by atoms with van der Waals surface area (Å²) >= 11 is 0. The number of fused-ring (bicyclic) bond motifs is 3. The molecule has 0 unspecified atom stereocenters. The lowest BCUT2D eigenvalue weighted by molar-refractivity contribution is 0.0901. The number of hydrogen-bond acceptors (Lipinski definition) is 5. The fourth-order valence-corrected chi connectivity index (χ4v) is 5.97. The minimum atomic E-state index is -0.466. The van der Waals surface area contributed by atoms with Crippen LogP contribution in [0.25, 0.3) is 16.6 Å². The van der Waals surface area contributed by atoms with Gasteiger partial charge < -0.3 is 15.3 Å². The Balaban J connectivity index is 0.000000190. The van der Waals surface area contributed by atoms with E-state index >= 15 is 0 Å². The second-order valence-electron chi connectivity index (χ2n) is 12.3. The number of benzene rings is 1. The summed E-state index contributed by atoms with van der Waals surface area (Å²) in [4.78, 5) is 35.5. The molecule has 38 heavy (non-hydrogen) atoms. The highest BCUT2D eigenvalue weighted by Crippen LogP contribution is 2.39. The van der Waals surface area contributed by atoms with Crippen molar-refractivity contribution in [2.75, 3.05) is 5.73 Å². The number of aryl methyl sites for hydroxylation is 2. The van der Waals surface area contributed by atoms with E-state index in [1.54, 1.807) is 6.07 Å². The van der Waals surface area contributed by atoms with E-state index in [9.17, 15) is 14.0 Å². The molecule has 0 bridgehead atoms. The summed E-state index contributed by atoms with van der Waals surface area (Å²) in [5, 5.41) is 0.223. The van der Waals surface area contributed by atoms with Gasteiger partial charge in [-0.2, -0.15) is 0 Å². The predicted octanol–water partition coefficient (Wildman–Crippen LogP) is 6.08. The van der Waals surface area contributed by atoms with Crippen molar-refractivity contribution in [3.05, 3.63) is 70.3 Å². The minimum absolute atomic E-state index is 0.116. The zero-order valence-corrected chi connectivity index (χ0v) is 22.8. The van der Waals surface area contributed by atoms with E-state index < -0.39 is 5.82 Å². The molecule has 198 valence electrons. The number of carbonyl (C=O) groups excluding carboxylic acids is 2. The first-order valence-electron chi connectivity index (χ1n) is 12.9. The molecule has 8 heteroatoms. The van der Waals surface area contributed by atoms with Crippen molar-refractivity contribution in [2.45, 2.75) is 67.2 Å². The van der Waals surface area contributed by atoms with Crippen LogP contribution >= 0.6 is 0 Å². The molecule has 2 aliphatic carbocycles. The van der Waals surface area contributed by atoms with Crippen molar-refractivity contribution >= 4 is 28.3 Å². The Morgan fingerprint density at radius 2 is 1.58 bits per heavy atom. The average molecular weight is 516 g/mol. The van der Waals surface area contributed by atoms with E-state index in [2.05, 4.69) is 42.6 Å². The van der Waals surface area contributed by atoms with Crippen molar-refractivity contribution in [3.8, 4) is 5.69 Å². The maximum atomic E-state index is 14.6. The molecule has 0 saturated heterocycles. The first-order valence-corrected chi connectivity index (χ1v) is 12.9. The fourth-order valence-electron chi connectivity index (χ4n) is 5.97. The number of anilines is 1. The van der Waals surface area contributed by atoms with Gasteiger partial charge in [0.2, 0.25) is 0 Å². The fraction of sp³-hybridized carbons (Fsp3) is 0.400. The monoisotopic (exact) mass is 515 g/mol. The van der Waals surface area contributed by atoms with E-state index in [1.165, 1.54) is 12.4 Å². The van der Waals surface area contributed by atoms with Gasteiger partial charge in [0, 0.05) is 47.8 Å². The number of rotatable bonds is 1. The molecule has 3 N–H and O–H groups in total. The summed E-state index contributed by atoms with van der Waals surface area (Å²) in [5.41, 5.74) is 12.6. The Bertz CT molecular complexity index is 1610. The lowest BCUT2D eigenvalue weighted by Gasteiger charge is -2.30. The van der Waals surface area contributed by atoms with Gasteiger partial charge >= 0.3 is 0 Å². The summed E-state index contributed by atoms with van der Waals surface area (Å²) in [6, 6.07) is 3.20. The molecule has 2 aliphatic rings. The maximum Gasteiger partial charge on any atom is 0.165 e. The highest BCUT2D eigenvalue weighted by atomic mass is 19.1. The van der Waals surface area contributed by atoms with Gasteiger partial charge in [-0.3, -0.25) is 9.59 Å². The topological polar surface area (TPSA) is 107 Å². The Morgan fingerprint density at radius 1 is 0.921 bits per heavy atom. The van der Waals surface area contributed by atoms with Gasteiger partial charge in [-0.15, -0.1) is 0 Å². The van der Waals surface area contributed by atoms with Crippen molar-refractivity contribution in [3.63, 3.8) is 0 Å². The largest absolute Gasteiger partial charge is 0.383 e. The van der Waals surface area contributed by atoms with E-state index in [4.69, 9.17) is 5.73 Å². The third kappa shape index (κ3) is 4.52. The second kappa shape index (κ2) is 8.89. The molecule has 0 atom stereocenters. The third-order valence-corrected chi connectivity index (χ3v) is 7.57.